The van der Waals surface area contributed by atoms with E-state index in [-0.39, 0.29) is 4.83 Å². The number of hydrogen-bond acceptors (Lipinski definition) is 3. The van der Waals surface area contributed by atoms with E-state index in [2.05, 4.69) is 40.0 Å². The van der Waals surface area contributed by atoms with Crippen LogP contribution in [0.4, 0.5) is 0 Å². The maximum Gasteiger partial charge on any atom is 0.230 e. The number of nitrogens with zero attached hydrogens (tertiary/aromatic N) is 2. The number of halogens is 1. The highest BCUT2D eigenvalue weighted by molar-refractivity contribution is 9.09. The molecule has 0 bridgehead atoms. The van der Waals surface area contributed by atoms with E-state index in [1.54, 1.807) is 0 Å². The normalized spacial score (nSPS) is 12.9. The van der Waals surface area contributed by atoms with E-state index in [0.29, 0.717) is 5.89 Å². The van der Waals surface area contributed by atoms with Gasteiger partial charge in [0, 0.05) is 6.42 Å². The fourth-order valence-electron chi connectivity index (χ4n) is 1.55. The Hall–Kier alpha value is -0.380. The fraction of sp³-hybridized carbons (Fsp3) is 0.833. The maximum atomic E-state index is 5.57. The van der Waals surface area contributed by atoms with Gasteiger partial charge in [0.15, 0.2) is 0 Å². The van der Waals surface area contributed by atoms with E-state index < -0.39 is 0 Å². The molecule has 92 valence electrons. The molecule has 0 N–H and O–H groups in total. The van der Waals surface area contributed by atoms with Crippen LogP contribution in [0.25, 0.3) is 0 Å². The Morgan fingerprint density at radius 2 is 1.88 bits per heavy atom. The third-order valence-corrected chi connectivity index (χ3v) is 3.64. The van der Waals surface area contributed by atoms with Crippen molar-refractivity contribution in [3.63, 3.8) is 0 Å². The summed E-state index contributed by atoms with van der Waals surface area (Å²) in [5.74, 6) is 1.50. The van der Waals surface area contributed by atoms with E-state index in [1.807, 2.05) is 0 Å². The second-order valence-corrected chi connectivity index (χ2v) is 5.18. The topological polar surface area (TPSA) is 38.9 Å². The third kappa shape index (κ3) is 4.64. The van der Waals surface area contributed by atoms with Gasteiger partial charge in [-0.2, -0.15) is 0 Å². The standard InChI is InChI=1S/C12H21BrN2O/c1-3-5-6-7-8-9-11-14-15-12(16-11)10(13)4-2/h10H,3-9H2,1-2H3. The molecule has 0 spiro atoms. The van der Waals surface area contributed by atoms with Gasteiger partial charge in [-0.05, 0) is 12.8 Å². The molecule has 0 aliphatic rings. The molecule has 1 aromatic rings. The average Bonchev–Trinajstić information content (AvgIpc) is 2.76. The smallest absolute Gasteiger partial charge is 0.230 e. The van der Waals surface area contributed by atoms with Crippen molar-refractivity contribution in [1.82, 2.24) is 10.2 Å². The lowest BCUT2D eigenvalue weighted by molar-refractivity contribution is 0.437. The van der Waals surface area contributed by atoms with Gasteiger partial charge in [-0.15, -0.1) is 10.2 Å². The van der Waals surface area contributed by atoms with E-state index in [4.69, 9.17) is 4.42 Å². The molecule has 0 fully saturated rings. The summed E-state index contributed by atoms with van der Waals surface area (Å²) in [4.78, 5) is 0.203. The summed E-state index contributed by atoms with van der Waals surface area (Å²) in [6, 6.07) is 0. The van der Waals surface area contributed by atoms with Crippen LogP contribution in [0.15, 0.2) is 4.42 Å². The van der Waals surface area contributed by atoms with Gasteiger partial charge in [0.05, 0.1) is 4.83 Å². The number of rotatable bonds is 8. The predicted molar refractivity (Wildman–Crippen MR) is 68.7 cm³/mol. The molecule has 16 heavy (non-hydrogen) atoms. The molecule has 0 amide bonds. The Labute approximate surface area is 106 Å². The zero-order valence-electron chi connectivity index (χ0n) is 10.2. The molecule has 0 saturated carbocycles. The Morgan fingerprint density at radius 3 is 2.56 bits per heavy atom. The molecule has 3 nitrogen and oxygen atoms in total. The predicted octanol–water partition coefficient (Wildman–Crippen LogP) is 4.43. The van der Waals surface area contributed by atoms with Gasteiger partial charge in [-0.25, -0.2) is 0 Å². The van der Waals surface area contributed by atoms with Crippen molar-refractivity contribution in [2.24, 2.45) is 0 Å². The van der Waals surface area contributed by atoms with Crippen LogP contribution in [0, 0.1) is 0 Å². The largest absolute Gasteiger partial charge is 0.424 e. The summed E-state index contributed by atoms with van der Waals surface area (Å²) >= 11 is 3.50. The number of aromatic nitrogens is 2. The van der Waals surface area contributed by atoms with Crippen LogP contribution in [0.3, 0.4) is 0 Å². The number of aryl methyl sites for hydroxylation is 1. The summed E-state index contributed by atoms with van der Waals surface area (Å²) in [5, 5.41) is 8.09. The molecule has 1 unspecified atom stereocenters. The van der Waals surface area contributed by atoms with Gasteiger partial charge in [0.2, 0.25) is 11.8 Å². The summed E-state index contributed by atoms with van der Waals surface area (Å²) in [7, 11) is 0. The minimum absolute atomic E-state index is 0.203. The molecule has 0 saturated heterocycles. The highest BCUT2D eigenvalue weighted by atomic mass is 79.9. The molecular formula is C12H21BrN2O. The van der Waals surface area contributed by atoms with Crippen molar-refractivity contribution in [3.8, 4) is 0 Å². The Balaban J connectivity index is 2.24. The van der Waals surface area contributed by atoms with Crippen LogP contribution < -0.4 is 0 Å². The van der Waals surface area contributed by atoms with Gasteiger partial charge in [-0.3, -0.25) is 0 Å². The Bertz CT molecular complexity index is 288. The highest BCUT2D eigenvalue weighted by Crippen LogP contribution is 2.24. The SMILES string of the molecule is CCCCCCCc1nnc(C(Br)CC)o1. The summed E-state index contributed by atoms with van der Waals surface area (Å²) in [6.07, 6.45) is 8.23. The summed E-state index contributed by atoms with van der Waals surface area (Å²) in [5.41, 5.74) is 0. The van der Waals surface area contributed by atoms with E-state index in [1.165, 1.54) is 25.7 Å². The summed E-state index contributed by atoms with van der Waals surface area (Å²) in [6.45, 7) is 4.32. The lowest BCUT2D eigenvalue weighted by atomic mass is 10.1. The number of hydrogen-bond donors (Lipinski definition) is 0. The van der Waals surface area contributed by atoms with Gasteiger partial charge < -0.3 is 4.42 Å². The van der Waals surface area contributed by atoms with Gasteiger partial charge in [-0.1, -0.05) is 55.5 Å². The van der Waals surface area contributed by atoms with Crippen LogP contribution in [0.5, 0.6) is 0 Å². The minimum atomic E-state index is 0.203. The van der Waals surface area contributed by atoms with Crippen molar-refractivity contribution in [3.05, 3.63) is 11.8 Å². The molecular weight excluding hydrogens is 268 g/mol. The first-order valence-corrected chi connectivity index (χ1v) is 7.15. The van der Waals surface area contributed by atoms with E-state index >= 15 is 0 Å². The van der Waals surface area contributed by atoms with Crippen LogP contribution in [-0.4, -0.2) is 10.2 Å². The highest BCUT2D eigenvalue weighted by Gasteiger charge is 2.12. The molecule has 4 heteroatoms. The van der Waals surface area contributed by atoms with Crippen LogP contribution in [-0.2, 0) is 6.42 Å². The summed E-state index contributed by atoms with van der Waals surface area (Å²) < 4.78 is 5.57. The van der Waals surface area contributed by atoms with E-state index in [9.17, 15) is 0 Å². The van der Waals surface area contributed by atoms with Gasteiger partial charge >= 0.3 is 0 Å². The van der Waals surface area contributed by atoms with Crippen molar-refractivity contribution in [2.75, 3.05) is 0 Å². The molecule has 1 aromatic heterocycles. The molecule has 1 heterocycles. The van der Waals surface area contributed by atoms with Crippen LogP contribution in [0.1, 0.15) is 69.0 Å². The zero-order chi connectivity index (χ0) is 11.8. The van der Waals surface area contributed by atoms with Gasteiger partial charge in [0.1, 0.15) is 0 Å². The first-order chi connectivity index (χ1) is 7.77. The van der Waals surface area contributed by atoms with Crippen molar-refractivity contribution in [1.29, 1.82) is 0 Å². The lowest BCUT2D eigenvalue weighted by Crippen LogP contribution is -1.86. The Morgan fingerprint density at radius 1 is 1.12 bits per heavy atom. The van der Waals surface area contributed by atoms with Gasteiger partial charge in [0.25, 0.3) is 0 Å². The number of unbranched alkanes of at least 4 members (excludes halogenated alkanes) is 4. The average molecular weight is 289 g/mol. The third-order valence-electron chi connectivity index (χ3n) is 2.60. The van der Waals surface area contributed by atoms with Crippen LogP contribution in [0.2, 0.25) is 0 Å². The van der Waals surface area contributed by atoms with Crippen molar-refractivity contribution < 1.29 is 4.42 Å². The second-order valence-electron chi connectivity index (χ2n) is 4.07. The first-order valence-electron chi connectivity index (χ1n) is 6.24. The molecule has 1 atom stereocenters. The number of alkyl halides is 1. The molecule has 0 aromatic carbocycles. The Kier molecular flexibility index (Phi) is 6.69. The minimum Gasteiger partial charge on any atom is -0.424 e. The van der Waals surface area contributed by atoms with Crippen molar-refractivity contribution >= 4 is 15.9 Å². The molecule has 0 radical (unpaired) electrons. The molecule has 0 aliphatic carbocycles. The molecule has 0 aliphatic heterocycles. The second kappa shape index (κ2) is 7.82. The monoisotopic (exact) mass is 288 g/mol. The maximum absolute atomic E-state index is 5.57. The fourth-order valence-corrected chi connectivity index (χ4v) is 1.73. The molecule has 1 rings (SSSR count). The lowest BCUT2D eigenvalue weighted by Gasteiger charge is -1.98. The van der Waals surface area contributed by atoms with Crippen LogP contribution >= 0.6 is 15.9 Å². The van der Waals surface area contributed by atoms with E-state index in [0.717, 1.165) is 25.2 Å². The van der Waals surface area contributed by atoms with Crippen molar-refractivity contribution in [2.45, 2.75) is 63.6 Å². The first kappa shape index (κ1) is 13.7. The quantitative estimate of drug-likeness (QED) is 0.525. The zero-order valence-corrected chi connectivity index (χ0v) is 11.8.